The van der Waals surface area contributed by atoms with E-state index in [0.717, 1.165) is 25.9 Å². The van der Waals surface area contributed by atoms with Gasteiger partial charge in [0.25, 0.3) is 5.91 Å². The van der Waals surface area contributed by atoms with Crippen LogP contribution in [0.15, 0.2) is 66.2 Å². The van der Waals surface area contributed by atoms with Crippen LogP contribution in [0.1, 0.15) is 24.3 Å². The molecule has 146 valence electrons. The summed E-state index contributed by atoms with van der Waals surface area (Å²) in [5, 5.41) is 0. The van der Waals surface area contributed by atoms with Crippen LogP contribution in [0.25, 0.3) is 0 Å². The summed E-state index contributed by atoms with van der Waals surface area (Å²) in [5.74, 6) is 1.43. The van der Waals surface area contributed by atoms with Gasteiger partial charge in [-0.1, -0.05) is 36.9 Å². The van der Waals surface area contributed by atoms with Crippen LogP contribution in [0.3, 0.4) is 0 Å². The van der Waals surface area contributed by atoms with E-state index < -0.39 is 0 Å². The van der Waals surface area contributed by atoms with E-state index in [1.165, 1.54) is 12.7 Å². The summed E-state index contributed by atoms with van der Waals surface area (Å²) in [5.41, 5.74) is 1.82. The molecule has 1 aliphatic heterocycles. The molecule has 5 heteroatoms. The smallest absolute Gasteiger partial charge is 0.254 e. The van der Waals surface area contributed by atoms with Gasteiger partial charge in [-0.15, -0.1) is 0 Å². The Labute approximate surface area is 161 Å². The Morgan fingerprint density at radius 3 is 2.33 bits per heavy atom. The van der Waals surface area contributed by atoms with Gasteiger partial charge in [0.15, 0.2) is 0 Å². The number of nitrogens with zero attached hydrogens (tertiary/aromatic N) is 1. The Bertz CT molecular complexity index is 686. The molecule has 0 spiro atoms. The first-order valence-electron chi connectivity index (χ1n) is 9.11. The highest BCUT2D eigenvalue weighted by Gasteiger charge is 2.25. The number of amides is 1. The maximum atomic E-state index is 13.1. The molecule has 1 fully saturated rings. The minimum Gasteiger partial charge on any atom is -0.499 e. The summed E-state index contributed by atoms with van der Waals surface area (Å²) >= 11 is 0. The van der Waals surface area contributed by atoms with Crippen molar-refractivity contribution in [1.82, 2.24) is 4.90 Å². The molecule has 0 aliphatic carbocycles. The number of allylic oxidation sites excluding steroid dienone is 1. The van der Waals surface area contributed by atoms with Gasteiger partial charge in [0.05, 0.1) is 14.2 Å². The molecule has 0 unspecified atom stereocenters. The van der Waals surface area contributed by atoms with Gasteiger partial charge >= 0.3 is 0 Å². The molecule has 0 saturated carbocycles. The number of carbonyl (C=O) groups excluding carboxylic acids is 1. The molecule has 0 radical (unpaired) electrons. The van der Waals surface area contributed by atoms with Crippen molar-refractivity contribution in [1.29, 1.82) is 0 Å². The van der Waals surface area contributed by atoms with Crippen molar-refractivity contribution in [2.75, 3.05) is 41.0 Å². The number of hydrogen-bond donors (Lipinski definition) is 0. The second-order valence-electron chi connectivity index (χ2n) is 6.50. The van der Waals surface area contributed by atoms with Gasteiger partial charge in [0.2, 0.25) is 0 Å². The van der Waals surface area contributed by atoms with E-state index in [1.54, 1.807) is 26.4 Å². The standard InChI is InChI=1S/C22H29NO4/c1-17(26-3)14-20(15-21(27-4)16-25-2)22(24)23-12-10-19(11-13-23)18-8-6-5-7-9-18/h5-9,14-15,19H,1,10-13,16H2,2-4H3/b20-14+,21-15+. The Balaban J connectivity index is 2.11. The summed E-state index contributed by atoms with van der Waals surface area (Å²) in [6.07, 6.45) is 5.24. The summed E-state index contributed by atoms with van der Waals surface area (Å²) < 4.78 is 15.5. The number of hydrogen-bond acceptors (Lipinski definition) is 4. The van der Waals surface area contributed by atoms with Crippen LogP contribution in [-0.4, -0.2) is 51.8 Å². The molecule has 1 saturated heterocycles. The van der Waals surface area contributed by atoms with Crippen molar-refractivity contribution in [3.8, 4) is 0 Å². The van der Waals surface area contributed by atoms with Crippen LogP contribution < -0.4 is 0 Å². The van der Waals surface area contributed by atoms with Crippen LogP contribution in [0.4, 0.5) is 0 Å². The number of rotatable bonds is 8. The first-order valence-corrected chi connectivity index (χ1v) is 9.11. The first-order chi connectivity index (χ1) is 13.1. The maximum Gasteiger partial charge on any atom is 0.254 e. The predicted octanol–water partition coefficient (Wildman–Crippen LogP) is 3.66. The molecule has 1 aromatic carbocycles. The fourth-order valence-corrected chi connectivity index (χ4v) is 3.20. The van der Waals surface area contributed by atoms with E-state index in [2.05, 4.69) is 30.8 Å². The largest absolute Gasteiger partial charge is 0.499 e. The molecule has 0 bridgehead atoms. The van der Waals surface area contributed by atoms with Gasteiger partial charge in [-0.05, 0) is 36.5 Å². The molecule has 0 atom stereocenters. The lowest BCUT2D eigenvalue weighted by molar-refractivity contribution is -0.127. The Morgan fingerprint density at radius 2 is 1.78 bits per heavy atom. The average molecular weight is 371 g/mol. The molecule has 27 heavy (non-hydrogen) atoms. The van der Waals surface area contributed by atoms with Crippen molar-refractivity contribution < 1.29 is 19.0 Å². The highest BCUT2D eigenvalue weighted by Crippen LogP contribution is 2.28. The summed E-state index contributed by atoms with van der Waals surface area (Å²) in [7, 11) is 4.67. The van der Waals surface area contributed by atoms with Crippen molar-refractivity contribution in [3.63, 3.8) is 0 Å². The molecule has 0 aromatic heterocycles. The van der Waals surface area contributed by atoms with Crippen LogP contribution in [-0.2, 0) is 19.0 Å². The third-order valence-electron chi connectivity index (χ3n) is 4.74. The van der Waals surface area contributed by atoms with E-state index in [9.17, 15) is 4.79 Å². The SMILES string of the molecule is C=C(/C=C(\C=C(/COC)OC)C(=O)N1CCC(c2ccccc2)CC1)OC. The van der Waals surface area contributed by atoms with Crippen molar-refractivity contribution in [2.45, 2.75) is 18.8 Å². The Morgan fingerprint density at radius 1 is 1.11 bits per heavy atom. The zero-order valence-electron chi connectivity index (χ0n) is 16.4. The van der Waals surface area contributed by atoms with Crippen molar-refractivity contribution in [2.24, 2.45) is 0 Å². The quantitative estimate of drug-likeness (QED) is 0.398. The summed E-state index contributed by atoms with van der Waals surface area (Å²) in [6, 6.07) is 10.5. The normalized spacial score (nSPS) is 16.2. The van der Waals surface area contributed by atoms with Crippen LogP contribution >= 0.6 is 0 Å². The van der Waals surface area contributed by atoms with E-state index >= 15 is 0 Å². The molecule has 1 aliphatic rings. The minimum absolute atomic E-state index is 0.0506. The van der Waals surface area contributed by atoms with E-state index in [1.807, 2.05) is 11.0 Å². The molecule has 2 rings (SSSR count). The molecule has 0 N–H and O–H groups in total. The van der Waals surface area contributed by atoms with E-state index in [-0.39, 0.29) is 12.5 Å². The minimum atomic E-state index is -0.0506. The third kappa shape index (κ3) is 6.00. The highest BCUT2D eigenvalue weighted by molar-refractivity contribution is 5.96. The maximum absolute atomic E-state index is 13.1. The highest BCUT2D eigenvalue weighted by atomic mass is 16.5. The predicted molar refractivity (Wildman–Crippen MR) is 106 cm³/mol. The molecular formula is C22H29NO4. The second-order valence-corrected chi connectivity index (χ2v) is 6.50. The molecule has 1 aromatic rings. The Kier molecular flexibility index (Phi) is 8.14. The lowest BCUT2D eigenvalue weighted by Crippen LogP contribution is -2.38. The summed E-state index contributed by atoms with van der Waals surface area (Å²) in [4.78, 5) is 14.9. The average Bonchev–Trinajstić information content (AvgIpc) is 2.72. The molecule has 5 nitrogen and oxygen atoms in total. The van der Waals surface area contributed by atoms with Gasteiger partial charge in [0.1, 0.15) is 18.1 Å². The van der Waals surface area contributed by atoms with Crippen LogP contribution in [0, 0.1) is 0 Å². The fraction of sp³-hybridized carbons (Fsp3) is 0.409. The zero-order valence-corrected chi connectivity index (χ0v) is 16.4. The Hall–Kier alpha value is -2.53. The van der Waals surface area contributed by atoms with Crippen molar-refractivity contribution >= 4 is 5.91 Å². The van der Waals surface area contributed by atoms with E-state index in [4.69, 9.17) is 14.2 Å². The van der Waals surface area contributed by atoms with Gasteiger partial charge in [-0.3, -0.25) is 4.79 Å². The lowest BCUT2D eigenvalue weighted by atomic mass is 9.89. The molecular weight excluding hydrogens is 342 g/mol. The summed E-state index contributed by atoms with van der Waals surface area (Å²) in [6.45, 7) is 5.52. The third-order valence-corrected chi connectivity index (χ3v) is 4.74. The van der Waals surface area contributed by atoms with Crippen LogP contribution in [0.2, 0.25) is 0 Å². The first kappa shape index (κ1) is 20.8. The van der Waals surface area contributed by atoms with Gasteiger partial charge < -0.3 is 19.1 Å². The number of carbonyl (C=O) groups is 1. The lowest BCUT2D eigenvalue weighted by Gasteiger charge is -2.32. The van der Waals surface area contributed by atoms with E-state index in [0.29, 0.717) is 23.0 Å². The van der Waals surface area contributed by atoms with Gasteiger partial charge in [-0.25, -0.2) is 0 Å². The fourth-order valence-electron chi connectivity index (χ4n) is 3.20. The molecule has 1 amide bonds. The number of benzene rings is 1. The number of likely N-dealkylation sites (tertiary alicyclic amines) is 1. The topological polar surface area (TPSA) is 48.0 Å². The van der Waals surface area contributed by atoms with Gasteiger partial charge in [-0.2, -0.15) is 0 Å². The van der Waals surface area contributed by atoms with Crippen molar-refractivity contribution in [3.05, 3.63) is 71.7 Å². The molecule has 1 heterocycles. The number of ether oxygens (including phenoxy) is 3. The zero-order chi connectivity index (χ0) is 19.6. The van der Waals surface area contributed by atoms with Crippen LogP contribution in [0.5, 0.6) is 0 Å². The number of methoxy groups -OCH3 is 3. The van der Waals surface area contributed by atoms with Gasteiger partial charge in [0, 0.05) is 25.8 Å². The second kappa shape index (κ2) is 10.6. The monoisotopic (exact) mass is 371 g/mol. The number of piperidine rings is 1.